The van der Waals surface area contributed by atoms with Crippen molar-refractivity contribution in [1.29, 1.82) is 0 Å². The number of amides is 1. The molecule has 0 aromatic heterocycles. The SMILES string of the molecule is CC(CC(=O)N[C@H]1CCCNC1)c1ccccc1C(F)(F)F.Cl. The van der Waals surface area contributed by atoms with Crippen molar-refractivity contribution < 1.29 is 18.0 Å². The zero-order chi connectivity index (χ0) is 16.2. The summed E-state index contributed by atoms with van der Waals surface area (Å²) in [6, 6.07) is 5.53. The van der Waals surface area contributed by atoms with Gasteiger partial charge in [0.1, 0.15) is 0 Å². The molecule has 1 aromatic rings. The highest BCUT2D eigenvalue weighted by molar-refractivity contribution is 5.85. The number of carbonyl (C=O) groups excluding carboxylic acids is 1. The van der Waals surface area contributed by atoms with Crippen LogP contribution in [0.25, 0.3) is 0 Å². The summed E-state index contributed by atoms with van der Waals surface area (Å²) in [4.78, 5) is 12.0. The van der Waals surface area contributed by atoms with Crippen molar-refractivity contribution in [3.8, 4) is 0 Å². The molecule has 0 aliphatic carbocycles. The van der Waals surface area contributed by atoms with Gasteiger partial charge in [-0.3, -0.25) is 4.79 Å². The van der Waals surface area contributed by atoms with Crippen LogP contribution >= 0.6 is 12.4 Å². The molecule has 0 bridgehead atoms. The Morgan fingerprint density at radius 2 is 2.09 bits per heavy atom. The first-order valence-electron chi connectivity index (χ1n) is 7.54. The summed E-state index contributed by atoms with van der Waals surface area (Å²) < 4.78 is 39.0. The lowest BCUT2D eigenvalue weighted by Gasteiger charge is -2.25. The summed E-state index contributed by atoms with van der Waals surface area (Å²) >= 11 is 0. The Morgan fingerprint density at radius 1 is 1.39 bits per heavy atom. The Balaban J connectivity index is 0.00000264. The smallest absolute Gasteiger partial charge is 0.352 e. The quantitative estimate of drug-likeness (QED) is 0.872. The highest BCUT2D eigenvalue weighted by Gasteiger charge is 2.34. The van der Waals surface area contributed by atoms with Gasteiger partial charge >= 0.3 is 6.18 Å². The first-order valence-corrected chi connectivity index (χ1v) is 7.54. The molecule has 1 amide bonds. The van der Waals surface area contributed by atoms with Gasteiger partial charge in [0.25, 0.3) is 0 Å². The lowest BCUT2D eigenvalue weighted by Crippen LogP contribution is -2.45. The first-order chi connectivity index (χ1) is 10.4. The number of benzene rings is 1. The number of halogens is 4. The van der Waals surface area contributed by atoms with Crippen molar-refractivity contribution in [1.82, 2.24) is 10.6 Å². The molecule has 7 heteroatoms. The molecule has 23 heavy (non-hydrogen) atoms. The Morgan fingerprint density at radius 3 is 2.70 bits per heavy atom. The average molecular weight is 351 g/mol. The molecule has 2 rings (SSSR count). The number of carbonyl (C=O) groups is 1. The van der Waals surface area contributed by atoms with Crippen molar-refractivity contribution in [3.63, 3.8) is 0 Å². The molecule has 3 nitrogen and oxygen atoms in total. The second kappa shape index (κ2) is 8.55. The van der Waals surface area contributed by atoms with E-state index in [-0.39, 0.29) is 36.3 Å². The van der Waals surface area contributed by atoms with Crippen molar-refractivity contribution in [2.75, 3.05) is 13.1 Å². The first kappa shape index (κ1) is 19.8. The normalized spacial score (nSPS) is 19.6. The molecule has 1 unspecified atom stereocenters. The van der Waals surface area contributed by atoms with Gasteiger partial charge < -0.3 is 10.6 Å². The molecule has 1 fully saturated rings. The number of alkyl halides is 3. The van der Waals surface area contributed by atoms with Crippen molar-refractivity contribution >= 4 is 18.3 Å². The molecule has 1 aromatic carbocycles. The molecular formula is C16H22ClF3N2O. The summed E-state index contributed by atoms with van der Waals surface area (Å²) in [5.74, 6) is -0.674. The van der Waals surface area contributed by atoms with Crippen LogP contribution in [0.1, 0.15) is 43.2 Å². The standard InChI is InChI=1S/C16H21F3N2O.ClH/c1-11(9-15(22)21-12-5-4-8-20-10-12)13-6-2-3-7-14(13)16(17,18)19;/h2-3,6-7,11-12,20H,4-5,8-10H2,1H3,(H,21,22);1H/t11?,12-;/m0./s1. The zero-order valence-corrected chi connectivity index (χ0v) is 13.8. The Hall–Kier alpha value is -1.27. The van der Waals surface area contributed by atoms with Crippen LogP contribution in [0.4, 0.5) is 13.2 Å². The van der Waals surface area contributed by atoms with Gasteiger partial charge in [-0.2, -0.15) is 13.2 Å². The van der Waals surface area contributed by atoms with E-state index in [4.69, 9.17) is 0 Å². The van der Waals surface area contributed by atoms with Gasteiger partial charge in [-0.15, -0.1) is 12.4 Å². The van der Waals surface area contributed by atoms with Crippen molar-refractivity contribution in [2.45, 2.75) is 44.3 Å². The number of hydrogen-bond donors (Lipinski definition) is 2. The molecule has 1 aliphatic heterocycles. The lowest BCUT2D eigenvalue weighted by atomic mass is 9.92. The minimum absolute atomic E-state index is 0. The number of hydrogen-bond acceptors (Lipinski definition) is 2. The fourth-order valence-electron chi connectivity index (χ4n) is 2.83. The lowest BCUT2D eigenvalue weighted by molar-refractivity contribution is -0.138. The summed E-state index contributed by atoms with van der Waals surface area (Å²) in [5.41, 5.74) is -0.485. The highest BCUT2D eigenvalue weighted by atomic mass is 35.5. The van der Waals surface area contributed by atoms with E-state index in [0.29, 0.717) is 0 Å². The van der Waals surface area contributed by atoms with E-state index in [1.165, 1.54) is 12.1 Å². The van der Waals surface area contributed by atoms with Crippen LogP contribution in [0, 0.1) is 0 Å². The number of piperidine rings is 1. The molecule has 130 valence electrons. The van der Waals surface area contributed by atoms with E-state index in [1.807, 2.05) is 0 Å². The topological polar surface area (TPSA) is 41.1 Å². The fraction of sp³-hybridized carbons (Fsp3) is 0.562. The minimum Gasteiger partial charge on any atom is -0.352 e. The van der Waals surface area contributed by atoms with E-state index in [2.05, 4.69) is 10.6 Å². The van der Waals surface area contributed by atoms with E-state index >= 15 is 0 Å². The van der Waals surface area contributed by atoms with Crippen LogP contribution in [0.5, 0.6) is 0 Å². The number of nitrogens with one attached hydrogen (secondary N) is 2. The maximum atomic E-state index is 13.0. The van der Waals surface area contributed by atoms with Gasteiger partial charge in [0.15, 0.2) is 0 Å². The van der Waals surface area contributed by atoms with Crippen LogP contribution in [0.15, 0.2) is 24.3 Å². The molecule has 1 aliphatic rings. The Bertz CT molecular complexity index is 516. The predicted octanol–water partition coefficient (Wildman–Crippen LogP) is 3.49. The summed E-state index contributed by atoms with van der Waals surface area (Å²) in [7, 11) is 0. The van der Waals surface area contributed by atoms with Gasteiger partial charge in [-0.25, -0.2) is 0 Å². The summed E-state index contributed by atoms with van der Waals surface area (Å²) in [6.07, 6.45) is -2.43. The molecule has 0 saturated carbocycles. The van der Waals surface area contributed by atoms with Gasteiger partial charge in [0.2, 0.25) is 5.91 Å². The van der Waals surface area contributed by atoms with Crippen LogP contribution < -0.4 is 10.6 Å². The van der Waals surface area contributed by atoms with Crippen LogP contribution in [0.2, 0.25) is 0 Å². The third-order valence-electron chi connectivity index (χ3n) is 3.95. The van der Waals surface area contributed by atoms with E-state index in [1.54, 1.807) is 13.0 Å². The zero-order valence-electron chi connectivity index (χ0n) is 13.0. The molecule has 0 spiro atoms. The maximum Gasteiger partial charge on any atom is 0.416 e. The molecule has 1 heterocycles. The second-order valence-corrected chi connectivity index (χ2v) is 5.80. The Labute approximate surface area is 140 Å². The monoisotopic (exact) mass is 350 g/mol. The summed E-state index contributed by atoms with van der Waals surface area (Å²) in [5, 5.41) is 6.09. The molecular weight excluding hydrogens is 329 g/mol. The van der Waals surface area contributed by atoms with E-state index < -0.39 is 17.7 Å². The number of rotatable bonds is 4. The highest BCUT2D eigenvalue weighted by Crippen LogP contribution is 2.35. The third kappa shape index (κ3) is 5.70. The molecule has 0 radical (unpaired) electrons. The molecule has 1 saturated heterocycles. The van der Waals surface area contributed by atoms with Gasteiger partial charge in [-0.05, 0) is 36.9 Å². The van der Waals surface area contributed by atoms with Crippen LogP contribution in [0.3, 0.4) is 0 Å². The second-order valence-electron chi connectivity index (χ2n) is 5.80. The van der Waals surface area contributed by atoms with Gasteiger partial charge in [0.05, 0.1) is 5.56 Å². The van der Waals surface area contributed by atoms with E-state index in [9.17, 15) is 18.0 Å². The van der Waals surface area contributed by atoms with Gasteiger partial charge in [0, 0.05) is 19.0 Å². The fourth-order valence-corrected chi connectivity index (χ4v) is 2.83. The Kier molecular flexibility index (Phi) is 7.35. The maximum absolute atomic E-state index is 13.0. The van der Waals surface area contributed by atoms with Crippen molar-refractivity contribution in [2.24, 2.45) is 0 Å². The predicted molar refractivity (Wildman–Crippen MR) is 85.8 cm³/mol. The van der Waals surface area contributed by atoms with Crippen molar-refractivity contribution in [3.05, 3.63) is 35.4 Å². The third-order valence-corrected chi connectivity index (χ3v) is 3.95. The van der Waals surface area contributed by atoms with Crippen LogP contribution in [-0.4, -0.2) is 25.0 Å². The molecule has 2 N–H and O–H groups in total. The molecule has 2 atom stereocenters. The van der Waals surface area contributed by atoms with Gasteiger partial charge in [-0.1, -0.05) is 25.1 Å². The minimum atomic E-state index is -4.39. The van der Waals surface area contributed by atoms with E-state index in [0.717, 1.165) is 32.0 Å². The largest absolute Gasteiger partial charge is 0.416 e. The van der Waals surface area contributed by atoms with Crippen LogP contribution in [-0.2, 0) is 11.0 Å². The average Bonchev–Trinajstić information content (AvgIpc) is 2.47. The summed E-state index contributed by atoms with van der Waals surface area (Å²) in [6.45, 7) is 3.32.